The first-order valence-corrected chi connectivity index (χ1v) is 8.98. The summed E-state index contributed by atoms with van der Waals surface area (Å²) < 4.78 is 1.20. The molecule has 21 heavy (non-hydrogen) atoms. The molecule has 1 aromatic carbocycles. The average molecular weight is 351 g/mol. The van der Waals surface area contributed by atoms with E-state index >= 15 is 0 Å². The number of rotatable bonds is 4. The lowest BCUT2D eigenvalue weighted by atomic mass is 9.99. The van der Waals surface area contributed by atoms with E-state index in [2.05, 4.69) is 44.3 Å². The van der Waals surface area contributed by atoms with Crippen LogP contribution < -0.4 is 10.2 Å². The number of aliphatic hydroxyl groups is 1. The lowest BCUT2D eigenvalue weighted by Gasteiger charge is -2.39. The maximum absolute atomic E-state index is 9.95. The van der Waals surface area contributed by atoms with Gasteiger partial charge in [-0.15, -0.1) is 0 Å². The molecule has 0 amide bonds. The summed E-state index contributed by atoms with van der Waals surface area (Å²) in [5.41, 5.74) is 2.66. The molecule has 114 valence electrons. The third-order valence-electron chi connectivity index (χ3n) is 5.17. The van der Waals surface area contributed by atoms with Crippen molar-refractivity contribution in [3.8, 4) is 0 Å². The fourth-order valence-electron chi connectivity index (χ4n) is 3.96. The fourth-order valence-corrected chi connectivity index (χ4v) is 4.59. The van der Waals surface area contributed by atoms with E-state index in [0.717, 1.165) is 25.4 Å². The molecule has 2 N–H and O–H groups in total. The molecule has 3 nitrogen and oxygen atoms in total. The Bertz CT molecular complexity index is 518. The second-order valence-electron chi connectivity index (χ2n) is 6.86. The van der Waals surface area contributed by atoms with Crippen molar-refractivity contribution < 1.29 is 5.11 Å². The van der Waals surface area contributed by atoms with Gasteiger partial charge in [0.15, 0.2) is 0 Å². The Labute approximate surface area is 134 Å². The molecule has 4 heteroatoms. The van der Waals surface area contributed by atoms with Gasteiger partial charge in [-0.1, -0.05) is 6.07 Å². The summed E-state index contributed by atoms with van der Waals surface area (Å²) in [7, 11) is 0. The highest BCUT2D eigenvalue weighted by molar-refractivity contribution is 9.10. The number of halogens is 1. The van der Waals surface area contributed by atoms with Gasteiger partial charge in [-0.2, -0.15) is 0 Å². The summed E-state index contributed by atoms with van der Waals surface area (Å²) in [5, 5.41) is 13.5. The van der Waals surface area contributed by atoms with Crippen molar-refractivity contribution in [3.05, 3.63) is 28.2 Å². The number of piperidine rings is 1. The highest BCUT2D eigenvalue weighted by atomic mass is 79.9. The zero-order valence-electron chi connectivity index (χ0n) is 12.3. The van der Waals surface area contributed by atoms with Crippen molar-refractivity contribution in [2.45, 2.75) is 69.3 Å². The summed E-state index contributed by atoms with van der Waals surface area (Å²) in [4.78, 5) is 2.55. The van der Waals surface area contributed by atoms with E-state index in [1.807, 2.05) is 0 Å². The average Bonchev–Trinajstić information content (AvgIpc) is 3.23. The van der Waals surface area contributed by atoms with Gasteiger partial charge in [-0.05, 0) is 72.2 Å². The lowest BCUT2D eigenvalue weighted by molar-refractivity contribution is 0.126. The van der Waals surface area contributed by atoms with E-state index in [1.54, 1.807) is 0 Å². The van der Waals surface area contributed by atoms with Crippen LogP contribution in [0.5, 0.6) is 0 Å². The number of hydrogen-bond donors (Lipinski definition) is 2. The molecule has 0 radical (unpaired) electrons. The maximum Gasteiger partial charge on any atom is 0.0579 e. The highest BCUT2D eigenvalue weighted by Gasteiger charge is 2.40. The summed E-state index contributed by atoms with van der Waals surface area (Å²) in [6, 6.07) is 8.56. The van der Waals surface area contributed by atoms with E-state index in [4.69, 9.17) is 0 Å². The van der Waals surface area contributed by atoms with Gasteiger partial charge in [-0.3, -0.25) is 0 Å². The van der Waals surface area contributed by atoms with Crippen molar-refractivity contribution in [3.63, 3.8) is 0 Å². The summed E-state index contributed by atoms with van der Waals surface area (Å²) in [6.45, 7) is 0.967. The number of anilines is 1. The molecule has 1 saturated carbocycles. The molecule has 3 fully saturated rings. The van der Waals surface area contributed by atoms with Crippen LogP contribution in [-0.4, -0.2) is 29.3 Å². The zero-order valence-corrected chi connectivity index (χ0v) is 13.8. The van der Waals surface area contributed by atoms with Crippen molar-refractivity contribution in [1.29, 1.82) is 0 Å². The van der Waals surface area contributed by atoms with Gasteiger partial charge in [0.2, 0.25) is 0 Å². The van der Waals surface area contributed by atoms with Gasteiger partial charge in [0, 0.05) is 29.1 Å². The molecule has 2 bridgehead atoms. The Kier molecular flexibility index (Phi) is 3.72. The van der Waals surface area contributed by atoms with Crippen molar-refractivity contribution in [2.24, 2.45) is 0 Å². The Morgan fingerprint density at radius 2 is 1.86 bits per heavy atom. The van der Waals surface area contributed by atoms with Gasteiger partial charge >= 0.3 is 0 Å². The van der Waals surface area contributed by atoms with Crippen LogP contribution in [0.3, 0.4) is 0 Å². The second-order valence-corrected chi connectivity index (χ2v) is 7.71. The van der Waals surface area contributed by atoms with E-state index in [-0.39, 0.29) is 6.10 Å². The third-order valence-corrected chi connectivity index (χ3v) is 5.81. The van der Waals surface area contributed by atoms with Crippen molar-refractivity contribution in [2.75, 3.05) is 4.90 Å². The van der Waals surface area contributed by atoms with Crippen LogP contribution in [0.4, 0.5) is 5.69 Å². The summed E-state index contributed by atoms with van der Waals surface area (Å²) in [6.07, 6.45) is 6.86. The molecule has 2 aliphatic heterocycles. The Morgan fingerprint density at radius 1 is 1.14 bits per heavy atom. The monoisotopic (exact) mass is 350 g/mol. The SMILES string of the molecule is OC1CC2CCC(C1)N2c1ccc(CNC2CC2)cc1Br. The van der Waals surface area contributed by atoms with E-state index in [0.29, 0.717) is 12.1 Å². The second kappa shape index (κ2) is 5.56. The third kappa shape index (κ3) is 2.86. The first kappa shape index (κ1) is 14.0. The van der Waals surface area contributed by atoms with Crippen LogP contribution in [0.2, 0.25) is 0 Å². The number of nitrogens with one attached hydrogen (secondary N) is 1. The van der Waals surface area contributed by atoms with Gasteiger partial charge in [0.25, 0.3) is 0 Å². The minimum Gasteiger partial charge on any atom is -0.393 e. The van der Waals surface area contributed by atoms with Crippen LogP contribution in [0.25, 0.3) is 0 Å². The Hall–Kier alpha value is -0.580. The predicted octanol–water partition coefficient (Wildman–Crippen LogP) is 3.19. The van der Waals surface area contributed by atoms with Crippen molar-refractivity contribution >= 4 is 21.6 Å². The van der Waals surface area contributed by atoms with Crippen molar-refractivity contribution in [1.82, 2.24) is 5.32 Å². The van der Waals surface area contributed by atoms with E-state index < -0.39 is 0 Å². The molecule has 1 aliphatic carbocycles. The molecule has 2 atom stereocenters. The zero-order chi connectivity index (χ0) is 14.4. The molecule has 0 aromatic heterocycles. The molecular formula is C17H23BrN2O. The van der Waals surface area contributed by atoms with Gasteiger partial charge in [0.05, 0.1) is 11.8 Å². The fraction of sp³-hybridized carbons (Fsp3) is 0.647. The van der Waals surface area contributed by atoms with E-state index in [9.17, 15) is 5.11 Å². The smallest absolute Gasteiger partial charge is 0.0579 e. The number of nitrogens with zero attached hydrogens (tertiary/aromatic N) is 1. The Morgan fingerprint density at radius 3 is 2.48 bits per heavy atom. The van der Waals surface area contributed by atoms with Gasteiger partial charge < -0.3 is 15.3 Å². The topological polar surface area (TPSA) is 35.5 Å². The normalized spacial score (nSPS) is 31.7. The number of benzene rings is 1. The predicted molar refractivity (Wildman–Crippen MR) is 88.5 cm³/mol. The molecule has 3 aliphatic rings. The lowest BCUT2D eigenvalue weighted by Crippen LogP contribution is -2.45. The first-order valence-electron chi connectivity index (χ1n) is 8.19. The van der Waals surface area contributed by atoms with Crippen LogP contribution in [-0.2, 0) is 6.54 Å². The molecule has 4 rings (SSSR count). The van der Waals surface area contributed by atoms with Crippen LogP contribution in [0, 0.1) is 0 Å². The maximum atomic E-state index is 9.95. The van der Waals surface area contributed by atoms with E-state index in [1.165, 1.54) is 41.4 Å². The Balaban J connectivity index is 1.52. The number of aliphatic hydroxyl groups excluding tert-OH is 1. The molecule has 2 heterocycles. The number of hydrogen-bond acceptors (Lipinski definition) is 3. The quantitative estimate of drug-likeness (QED) is 0.875. The standard InChI is InChI=1S/C17H23BrN2O/c18-16-7-11(10-19-12-2-3-12)1-6-17(16)20-13-4-5-14(20)9-15(21)8-13/h1,6-7,12-15,19,21H,2-5,8-10H2. The molecule has 2 unspecified atom stereocenters. The van der Waals surface area contributed by atoms with Crippen LogP contribution in [0.1, 0.15) is 44.1 Å². The minimum absolute atomic E-state index is 0.0976. The van der Waals surface area contributed by atoms with Crippen LogP contribution >= 0.6 is 15.9 Å². The number of fused-ring (bicyclic) bond motifs is 2. The van der Waals surface area contributed by atoms with Gasteiger partial charge in [-0.25, -0.2) is 0 Å². The summed E-state index contributed by atoms with van der Waals surface area (Å²) in [5.74, 6) is 0. The molecular weight excluding hydrogens is 328 g/mol. The molecule has 2 saturated heterocycles. The summed E-state index contributed by atoms with van der Waals surface area (Å²) >= 11 is 3.77. The highest BCUT2D eigenvalue weighted by Crippen LogP contribution is 2.42. The van der Waals surface area contributed by atoms with Gasteiger partial charge in [0.1, 0.15) is 0 Å². The molecule has 1 aromatic rings. The minimum atomic E-state index is -0.0976. The van der Waals surface area contributed by atoms with Crippen LogP contribution in [0.15, 0.2) is 22.7 Å². The first-order chi connectivity index (χ1) is 10.2. The largest absolute Gasteiger partial charge is 0.393 e. The molecule has 0 spiro atoms.